The van der Waals surface area contributed by atoms with Crippen LogP contribution in [0.25, 0.3) is 0 Å². The monoisotopic (exact) mass is 522 g/mol. The van der Waals surface area contributed by atoms with E-state index in [4.69, 9.17) is 4.74 Å². The molecule has 0 spiro atoms. The van der Waals surface area contributed by atoms with Crippen molar-refractivity contribution in [1.82, 2.24) is 21.3 Å². The fraction of sp³-hybridized carbons (Fsp3) is 0.667. The van der Waals surface area contributed by atoms with Crippen LogP contribution in [0.15, 0.2) is 30.3 Å². The topological polar surface area (TPSA) is 149 Å². The van der Waals surface area contributed by atoms with Crippen LogP contribution in [0.1, 0.15) is 60.5 Å². The first-order valence-electron chi connectivity index (χ1n) is 12.9. The highest BCUT2D eigenvalue weighted by Gasteiger charge is 2.36. The molecule has 0 saturated carbocycles. The van der Waals surface area contributed by atoms with Crippen molar-refractivity contribution in [3.63, 3.8) is 0 Å². The molecule has 6 atom stereocenters. The molecule has 1 aromatic rings. The van der Waals surface area contributed by atoms with E-state index in [1.165, 1.54) is 0 Å². The molecule has 0 fully saturated rings. The second-order valence-electron chi connectivity index (χ2n) is 10.7. The van der Waals surface area contributed by atoms with E-state index in [-0.39, 0.29) is 18.2 Å². The van der Waals surface area contributed by atoms with E-state index in [0.717, 1.165) is 5.56 Å². The first kappa shape index (κ1) is 32.3. The lowest BCUT2D eigenvalue weighted by atomic mass is 9.92. The van der Waals surface area contributed by atoms with Gasteiger partial charge in [0, 0.05) is 0 Å². The van der Waals surface area contributed by atoms with Crippen LogP contribution in [0.3, 0.4) is 0 Å². The number of likely N-dealkylation sites (N-methyl/N-ethyl adjacent to an activating group) is 1. The van der Waals surface area contributed by atoms with Gasteiger partial charge < -0.3 is 36.2 Å². The second-order valence-corrected chi connectivity index (χ2v) is 10.7. The maximum absolute atomic E-state index is 13.3. The van der Waals surface area contributed by atoms with E-state index in [1.54, 1.807) is 41.7 Å². The number of rotatable bonds is 13. The predicted octanol–water partition coefficient (Wildman–Crippen LogP) is 1.49. The van der Waals surface area contributed by atoms with Gasteiger partial charge >= 0.3 is 6.09 Å². The molecule has 0 aliphatic rings. The van der Waals surface area contributed by atoms with E-state index >= 15 is 0 Å². The number of carbonyl (C=O) groups is 3. The zero-order valence-electron chi connectivity index (χ0n) is 23.4. The van der Waals surface area contributed by atoms with Crippen LogP contribution in [0.2, 0.25) is 0 Å². The third kappa shape index (κ3) is 11.1. The maximum atomic E-state index is 13.3. The third-order valence-electron chi connectivity index (χ3n) is 6.02. The molecule has 6 N–H and O–H groups in total. The number of aliphatic hydroxyl groups excluding tert-OH is 2. The number of nitrogens with one attached hydrogen (secondary N) is 4. The molecule has 3 amide bonds. The molecule has 0 radical (unpaired) electrons. The molecule has 210 valence electrons. The highest BCUT2D eigenvalue weighted by atomic mass is 16.6. The Morgan fingerprint density at radius 1 is 0.892 bits per heavy atom. The Balaban J connectivity index is 3.14. The van der Waals surface area contributed by atoms with Crippen molar-refractivity contribution < 1.29 is 29.3 Å². The fourth-order valence-corrected chi connectivity index (χ4v) is 3.71. The normalized spacial score (nSPS) is 16.6. The van der Waals surface area contributed by atoms with Gasteiger partial charge in [0.15, 0.2) is 0 Å². The summed E-state index contributed by atoms with van der Waals surface area (Å²) in [5.74, 6) is -1.04. The quantitative estimate of drug-likeness (QED) is 0.230. The van der Waals surface area contributed by atoms with Crippen molar-refractivity contribution in [3.05, 3.63) is 35.9 Å². The summed E-state index contributed by atoms with van der Waals surface area (Å²) in [5, 5.41) is 33.3. The van der Waals surface area contributed by atoms with Crippen LogP contribution in [0.4, 0.5) is 4.79 Å². The van der Waals surface area contributed by atoms with Crippen molar-refractivity contribution in [1.29, 1.82) is 0 Å². The summed E-state index contributed by atoms with van der Waals surface area (Å²) < 4.78 is 5.29. The Morgan fingerprint density at radius 2 is 1.46 bits per heavy atom. The minimum atomic E-state index is -1.43. The Hall–Kier alpha value is -2.69. The van der Waals surface area contributed by atoms with E-state index in [1.807, 2.05) is 44.2 Å². The van der Waals surface area contributed by atoms with Crippen molar-refractivity contribution in [2.24, 2.45) is 5.92 Å². The van der Waals surface area contributed by atoms with Crippen LogP contribution in [-0.4, -0.2) is 77.1 Å². The van der Waals surface area contributed by atoms with Crippen molar-refractivity contribution in [2.75, 3.05) is 7.05 Å². The zero-order valence-corrected chi connectivity index (χ0v) is 23.4. The summed E-state index contributed by atoms with van der Waals surface area (Å²) in [6.07, 6.45) is -3.00. The SMILES string of the molecule is CCC(NC(=O)OC(C)(C)C)C(O)C(O)C(Cc1ccccc1)NC(=O)[C@@H](NC(=O)[C@H](C)NC)C(C)C. The van der Waals surface area contributed by atoms with Gasteiger partial charge in [0.1, 0.15) is 23.9 Å². The molecule has 0 aliphatic carbocycles. The number of carbonyl (C=O) groups excluding carboxylic acids is 3. The highest BCUT2D eigenvalue weighted by molar-refractivity contribution is 5.90. The van der Waals surface area contributed by atoms with Gasteiger partial charge in [-0.25, -0.2) is 4.79 Å². The molecular weight excluding hydrogens is 476 g/mol. The van der Waals surface area contributed by atoms with Crippen LogP contribution in [0, 0.1) is 5.92 Å². The molecule has 1 rings (SSSR count). The third-order valence-corrected chi connectivity index (χ3v) is 6.02. The van der Waals surface area contributed by atoms with Gasteiger partial charge in [-0.05, 0) is 59.1 Å². The first-order chi connectivity index (χ1) is 17.2. The van der Waals surface area contributed by atoms with Gasteiger partial charge in [0.25, 0.3) is 0 Å². The van der Waals surface area contributed by atoms with Gasteiger partial charge in [0.05, 0.1) is 18.1 Å². The molecule has 1 aromatic carbocycles. The van der Waals surface area contributed by atoms with Crippen molar-refractivity contribution >= 4 is 17.9 Å². The number of alkyl carbamates (subject to hydrolysis) is 1. The number of hydrogen-bond acceptors (Lipinski definition) is 7. The van der Waals surface area contributed by atoms with E-state index in [9.17, 15) is 24.6 Å². The van der Waals surface area contributed by atoms with Gasteiger partial charge in [-0.2, -0.15) is 0 Å². The van der Waals surface area contributed by atoms with E-state index < -0.39 is 54.0 Å². The highest BCUT2D eigenvalue weighted by Crippen LogP contribution is 2.15. The Labute approximate surface area is 220 Å². The Kier molecular flexibility index (Phi) is 13.0. The smallest absolute Gasteiger partial charge is 0.407 e. The Morgan fingerprint density at radius 3 is 1.95 bits per heavy atom. The molecule has 0 aliphatic heterocycles. The molecule has 37 heavy (non-hydrogen) atoms. The molecule has 0 saturated heterocycles. The molecule has 4 unspecified atom stereocenters. The molecule has 0 aromatic heterocycles. The lowest BCUT2D eigenvalue weighted by Crippen LogP contribution is -2.60. The predicted molar refractivity (Wildman–Crippen MR) is 143 cm³/mol. The van der Waals surface area contributed by atoms with Crippen molar-refractivity contribution in [3.8, 4) is 0 Å². The fourth-order valence-electron chi connectivity index (χ4n) is 3.71. The average Bonchev–Trinajstić information content (AvgIpc) is 2.82. The van der Waals surface area contributed by atoms with Crippen LogP contribution in [0.5, 0.6) is 0 Å². The molecular formula is C27H46N4O6. The summed E-state index contributed by atoms with van der Waals surface area (Å²) in [4.78, 5) is 38.1. The summed E-state index contributed by atoms with van der Waals surface area (Å²) in [6.45, 7) is 12.2. The number of ether oxygens (including phenoxy) is 1. The second kappa shape index (κ2) is 14.9. The molecule has 0 heterocycles. The Bertz CT molecular complexity index is 858. The lowest BCUT2D eigenvalue weighted by Gasteiger charge is -2.34. The van der Waals surface area contributed by atoms with Gasteiger partial charge in [-0.1, -0.05) is 51.1 Å². The van der Waals surface area contributed by atoms with E-state index in [0.29, 0.717) is 6.42 Å². The van der Waals surface area contributed by atoms with Gasteiger partial charge in [-0.3, -0.25) is 9.59 Å². The summed E-state index contributed by atoms with van der Waals surface area (Å²) in [5.41, 5.74) is 0.109. The average molecular weight is 523 g/mol. The summed E-state index contributed by atoms with van der Waals surface area (Å²) in [7, 11) is 1.65. The standard InChI is InChI=1S/C27H46N4O6/c1-9-19(30-26(36)37-27(5,6)7)22(32)23(33)20(15-18-13-11-10-12-14-18)29-25(35)21(16(2)3)31-24(34)17(4)28-8/h10-14,16-17,19-23,28,32-33H,9,15H2,1-8H3,(H,29,35)(H,30,36)(H,31,34)/t17-,19?,20?,21-,22?,23?/m0/s1. The van der Waals surface area contributed by atoms with Crippen LogP contribution < -0.4 is 21.3 Å². The minimum Gasteiger partial charge on any atom is -0.444 e. The van der Waals surface area contributed by atoms with Gasteiger partial charge in [-0.15, -0.1) is 0 Å². The molecule has 10 nitrogen and oxygen atoms in total. The van der Waals surface area contributed by atoms with Crippen molar-refractivity contribution in [2.45, 2.75) is 103 Å². The number of benzene rings is 1. The number of aliphatic hydroxyl groups is 2. The number of amides is 3. The van der Waals surface area contributed by atoms with Crippen LogP contribution in [-0.2, 0) is 20.7 Å². The number of hydrogen-bond donors (Lipinski definition) is 6. The van der Waals surface area contributed by atoms with E-state index in [2.05, 4.69) is 21.3 Å². The zero-order chi connectivity index (χ0) is 28.3. The first-order valence-corrected chi connectivity index (χ1v) is 12.9. The lowest BCUT2D eigenvalue weighted by molar-refractivity contribution is -0.132. The summed E-state index contributed by atoms with van der Waals surface area (Å²) in [6, 6.07) is 6.16. The summed E-state index contributed by atoms with van der Waals surface area (Å²) >= 11 is 0. The van der Waals surface area contributed by atoms with Crippen LogP contribution >= 0.6 is 0 Å². The largest absolute Gasteiger partial charge is 0.444 e. The minimum absolute atomic E-state index is 0.222. The molecule has 10 heteroatoms. The van der Waals surface area contributed by atoms with Gasteiger partial charge in [0.2, 0.25) is 11.8 Å². The maximum Gasteiger partial charge on any atom is 0.407 e. The molecule has 0 bridgehead atoms.